The summed E-state index contributed by atoms with van der Waals surface area (Å²) in [5, 5.41) is 0. The van der Waals surface area contributed by atoms with Gasteiger partial charge in [0.1, 0.15) is 12.5 Å². The molecule has 0 radical (unpaired) electrons. The van der Waals surface area contributed by atoms with E-state index in [0.717, 1.165) is 25.7 Å². The predicted octanol–water partition coefficient (Wildman–Crippen LogP) is 1.81. The second-order valence-corrected chi connectivity index (χ2v) is 4.05. The Kier molecular flexibility index (Phi) is 3.14. The number of carbonyl (C=O) groups excluding carboxylic acids is 1. The van der Waals surface area contributed by atoms with Crippen LogP contribution in [0, 0.1) is 11.8 Å². The summed E-state index contributed by atoms with van der Waals surface area (Å²) in [6, 6.07) is 0. The maximum atomic E-state index is 11.3. The lowest BCUT2D eigenvalue weighted by atomic mass is 9.81. The quantitative estimate of drug-likeness (QED) is 0.655. The van der Waals surface area contributed by atoms with Gasteiger partial charge in [0.2, 0.25) is 6.29 Å². The molecule has 0 amide bonds. The average Bonchev–Trinajstić information content (AvgIpc) is 2.82. The van der Waals surface area contributed by atoms with Crippen molar-refractivity contribution in [2.75, 3.05) is 7.11 Å². The van der Waals surface area contributed by atoms with Crippen LogP contribution in [-0.4, -0.2) is 19.4 Å². The van der Waals surface area contributed by atoms with Crippen LogP contribution in [0.15, 0.2) is 12.5 Å². The van der Waals surface area contributed by atoms with Crippen molar-refractivity contribution in [2.24, 2.45) is 11.8 Å². The summed E-state index contributed by atoms with van der Waals surface area (Å²) >= 11 is 0. The molecular weight excluding hydrogens is 196 g/mol. The molecule has 0 unspecified atom stereocenters. The first kappa shape index (κ1) is 10.3. The minimum atomic E-state index is -0.136. The van der Waals surface area contributed by atoms with Crippen LogP contribution >= 0.6 is 0 Å². The Morgan fingerprint density at radius 1 is 1.20 bits per heavy atom. The van der Waals surface area contributed by atoms with E-state index in [2.05, 4.69) is 0 Å². The molecule has 4 heteroatoms. The Bertz CT molecular complexity index is 245. The van der Waals surface area contributed by atoms with E-state index in [0.29, 0.717) is 5.92 Å². The molecule has 0 aromatic carbocycles. The average molecular weight is 212 g/mol. The summed E-state index contributed by atoms with van der Waals surface area (Å²) in [6.45, 7) is 0. The zero-order valence-corrected chi connectivity index (χ0v) is 8.85. The molecule has 0 bridgehead atoms. The van der Waals surface area contributed by atoms with Gasteiger partial charge in [-0.3, -0.25) is 4.79 Å². The molecule has 15 heavy (non-hydrogen) atoms. The number of hydrogen-bond donors (Lipinski definition) is 0. The molecule has 1 saturated carbocycles. The molecule has 1 aliphatic carbocycles. The molecule has 0 atom stereocenters. The predicted molar refractivity (Wildman–Crippen MR) is 52.6 cm³/mol. The van der Waals surface area contributed by atoms with E-state index >= 15 is 0 Å². The first-order chi connectivity index (χ1) is 7.31. The highest BCUT2D eigenvalue weighted by Gasteiger charge is 2.33. The van der Waals surface area contributed by atoms with Gasteiger partial charge in [0.05, 0.1) is 13.0 Å². The molecule has 1 heterocycles. The zero-order chi connectivity index (χ0) is 10.7. The maximum Gasteiger partial charge on any atom is 0.308 e. The molecule has 4 nitrogen and oxygen atoms in total. The monoisotopic (exact) mass is 212 g/mol. The molecular formula is C11H16O4. The lowest BCUT2D eigenvalue weighted by Crippen LogP contribution is -2.29. The Hall–Kier alpha value is -1.19. The summed E-state index contributed by atoms with van der Waals surface area (Å²) in [5.41, 5.74) is 0. The van der Waals surface area contributed by atoms with E-state index < -0.39 is 0 Å². The van der Waals surface area contributed by atoms with E-state index in [1.165, 1.54) is 7.11 Å². The Morgan fingerprint density at radius 2 is 1.80 bits per heavy atom. The van der Waals surface area contributed by atoms with Gasteiger partial charge < -0.3 is 14.2 Å². The number of carbonyl (C=O) groups is 1. The van der Waals surface area contributed by atoms with Crippen LogP contribution in [0.1, 0.15) is 25.7 Å². The maximum absolute atomic E-state index is 11.3. The molecule has 0 saturated heterocycles. The highest BCUT2D eigenvalue weighted by atomic mass is 16.7. The largest absolute Gasteiger partial charge is 0.469 e. The van der Waals surface area contributed by atoms with Crippen molar-refractivity contribution in [3.63, 3.8) is 0 Å². The number of rotatable bonds is 2. The van der Waals surface area contributed by atoms with Gasteiger partial charge in [-0.1, -0.05) is 0 Å². The standard InChI is InChI=1S/C11H16O4/c1-13-10(12)8-2-4-9(5-3-8)11-14-6-7-15-11/h6-9,11H,2-5H2,1H3. The van der Waals surface area contributed by atoms with E-state index in [9.17, 15) is 4.79 Å². The van der Waals surface area contributed by atoms with Crippen molar-refractivity contribution in [1.82, 2.24) is 0 Å². The van der Waals surface area contributed by atoms with Crippen molar-refractivity contribution in [1.29, 1.82) is 0 Å². The molecule has 2 aliphatic rings. The van der Waals surface area contributed by atoms with Gasteiger partial charge in [-0.2, -0.15) is 0 Å². The van der Waals surface area contributed by atoms with Gasteiger partial charge in [-0.15, -0.1) is 0 Å². The summed E-state index contributed by atoms with van der Waals surface area (Å²) in [4.78, 5) is 11.3. The lowest BCUT2D eigenvalue weighted by Gasteiger charge is -2.29. The SMILES string of the molecule is COC(=O)C1CCC(C2OC=CO2)CC1. The van der Waals surface area contributed by atoms with Crippen LogP contribution in [0.5, 0.6) is 0 Å². The van der Waals surface area contributed by atoms with Crippen LogP contribution in [0.25, 0.3) is 0 Å². The fraction of sp³-hybridized carbons (Fsp3) is 0.727. The molecule has 1 aliphatic heterocycles. The van der Waals surface area contributed by atoms with E-state index in [-0.39, 0.29) is 18.2 Å². The third kappa shape index (κ3) is 2.25. The second kappa shape index (κ2) is 4.55. The van der Waals surface area contributed by atoms with Gasteiger partial charge in [0.15, 0.2) is 0 Å². The van der Waals surface area contributed by atoms with Crippen molar-refractivity contribution >= 4 is 5.97 Å². The van der Waals surface area contributed by atoms with Crippen LogP contribution in [0.3, 0.4) is 0 Å². The normalized spacial score (nSPS) is 30.7. The van der Waals surface area contributed by atoms with Gasteiger partial charge in [0, 0.05) is 5.92 Å². The van der Waals surface area contributed by atoms with Crippen molar-refractivity contribution < 1.29 is 19.0 Å². The van der Waals surface area contributed by atoms with Crippen molar-refractivity contribution in [3.05, 3.63) is 12.5 Å². The van der Waals surface area contributed by atoms with Crippen LogP contribution < -0.4 is 0 Å². The fourth-order valence-corrected chi connectivity index (χ4v) is 2.27. The van der Waals surface area contributed by atoms with Crippen molar-refractivity contribution in [2.45, 2.75) is 32.0 Å². The van der Waals surface area contributed by atoms with Crippen LogP contribution in [-0.2, 0) is 19.0 Å². The molecule has 2 rings (SSSR count). The number of esters is 1. The topological polar surface area (TPSA) is 44.8 Å². The summed E-state index contributed by atoms with van der Waals surface area (Å²) < 4.78 is 15.3. The molecule has 0 aromatic rings. The van der Waals surface area contributed by atoms with Gasteiger partial charge in [-0.25, -0.2) is 0 Å². The zero-order valence-electron chi connectivity index (χ0n) is 8.85. The number of ether oxygens (including phenoxy) is 3. The van der Waals surface area contributed by atoms with Gasteiger partial charge in [0.25, 0.3) is 0 Å². The minimum Gasteiger partial charge on any atom is -0.469 e. The van der Waals surface area contributed by atoms with Gasteiger partial charge in [-0.05, 0) is 25.7 Å². The van der Waals surface area contributed by atoms with Crippen molar-refractivity contribution in [3.8, 4) is 0 Å². The summed E-state index contributed by atoms with van der Waals surface area (Å²) in [6.07, 6.45) is 6.71. The summed E-state index contributed by atoms with van der Waals surface area (Å²) in [5.74, 6) is 0.390. The summed E-state index contributed by atoms with van der Waals surface area (Å²) in [7, 11) is 1.45. The third-order valence-corrected chi connectivity index (χ3v) is 3.17. The first-order valence-electron chi connectivity index (χ1n) is 5.35. The van der Waals surface area contributed by atoms with E-state index in [1.54, 1.807) is 12.5 Å². The molecule has 1 fully saturated rings. The molecule has 0 spiro atoms. The molecule has 0 N–H and O–H groups in total. The number of hydrogen-bond acceptors (Lipinski definition) is 4. The third-order valence-electron chi connectivity index (χ3n) is 3.17. The van der Waals surface area contributed by atoms with E-state index in [1.807, 2.05) is 0 Å². The lowest BCUT2D eigenvalue weighted by molar-refractivity contribution is -0.148. The van der Waals surface area contributed by atoms with Gasteiger partial charge >= 0.3 is 5.97 Å². The molecule has 0 aromatic heterocycles. The number of methoxy groups -OCH3 is 1. The smallest absolute Gasteiger partial charge is 0.308 e. The fourth-order valence-electron chi connectivity index (χ4n) is 2.27. The molecule has 84 valence electrons. The second-order valence-electron chi connectivity index (χ2n) is 4.05. The first-order valence-corrected chi connectivity index (χ1v) is 5.35. The Labute approximate surface area is 89.2 Å². The Morgan fingerprint density at radius 3 is 2.33 bits per heavy atom. The Balaban J connectivity index is 1.79. The van der Waals surface area contributed by atoms with Crippen LogP contribution in [0.4, 0.5) is 0 Å². The highest BCUT2D eigenvalue weighted by Crippen LogP contribution is 2.34. The van der Waals surface area contributed by atoms with Crippen LogP contribution in [0.2, 0.25) is 0 Å². The minimum absolute atomic E-state index is 0.0700. The highest BCUT2D eigenvalue weighted by molar-refractivity contribution is 5.72. The van der Waals surface area contributed by atoms with E-state index in [4.69, 9.17) is 14.2 Å².